The minimum absolute atomic E-state index is 0.0716. The van der Waals surface area contributed by atoms with E-state index in [-0.39, 0.29) is 11.8 Å². The van der Waals surface area contributed by atoms with E-state index in [1.807, 2.05) is 18.2 Å². The first-order valence-electron chi connectivity index (χ1n) is 7.45. The number of aryl methyl sites for hydroxylation is 1. The number of carbonyl (C=O) groups excluding carboxylic acids is 2. The largest absolute Gasteiger partial charge is 0.443 e. The van der Waals surface area contributed by atoms with Gasteiger partial charge >= 0.3 is 6.09 Å². The van der Waals surface area contributed by atoms with Gasteiger partial charge in [0.1, 0.15) is 5.60 Å². The quantitative estimate of drug-likeness (QED) is 0.856. The van der Waals surface area contributed by atoms with Crippen molar-refractivity contribution in [3.05, 3.63) is 35.9 Å². The second-order valence-electron chi connectivity index (χ2n) is 6.48. The van der Waals surface area contributed by atoms with Crippen molar-refractivity contribution >= 4 is 12.0 Å². The summed E-state index contributed by atoms with van der Waals surface area (Å²) >= 11 is 0. The van der Waals surface area contributed by atoms with E-state index in [2.05, 4.69) is 12.1 Å². The fourth-order valence-corrected chi connectivity index (χ4v) is 2.49. The average molecular weight is 289 g/mol. The molecule has 0 aromatic heterocycles. The van der Waals surface area contributed by atoms with Gasteiger partial charge in [-0.1, -0.05) is 30.3 Å². The summed E-state index contributed by atoms with van der Waals surface area (Å²) in [7, 11) is 0. The second-order valence-corrected chi connectivity index (χ2v) is 6.48. The van der Waals surface area contributed by atoms with Gasteiger partial charge in [0.15, 0.2) is 0 Å². The summed E-state index contributed by atoms with van der Waals surface area (Å²) in [5.41, 5.74) is 0.653. The zero-order chi connectivity index (χ0) is 15.5. The molecular formula is C17H23NO3. The standard InChI is InChI=1S/C17H23NO3/c1-17(2,3)21-16(20)18-12-11-14(15(18)19)10-9-13-7-5-4-6-8-13/h4-8,14H,9-12H2,1-3H3/t14-/m1/s1. The SMILES string of the molecule is CC(C)(C)OC(=O)N1CC[C@@H](CCc2ccccc2)C1=O. The van der Waals surface area contributed by atoms with Crippen LogP contribution in [0, 0.1) is 5.92 Å². The van der Waals surface area contributed by atoms with Crippen molar-refractivity contribution < 1.29 is 14.3 Å². The summed E-state index contributed by atoms with van der Waals surface area (Å²) in [6.07, 6.45) is 1.85. The van der Waals surface area contributed by atoms with Crippen molar-refractivity contribution in [2.45, 2.75) is 45.6 Å². The summed E-state index contributed by atoms with van der Waals surface area (Å²) in [5.74, 6) is -0.169. The van der Waals surface area contributed by atoms with Gasteiger partial charge in [0, 0.05) is 12.5 Å². The van der Waals surface area contributed by atoms with Gasteiger partial charge in [-0.15, -0.1) is 0 Å². The summed E-state index contributed by atoms with van der Waals surface area (Å²) in [6, 6.07) is 10.1. The smallest absolute Gasteiger partial charge is 0.417 e. The van der Waals surface area contributed by atoms with Crippen LogP contribution in [-0.4, -0.2) is 29.0 Å². The molecule has 1 aromatic carbocycles. The third-order valence-electron chi connectivity index (χ3n) is 3.55. The molecule has 1 heterocycles. The third-order valence-corrected chi connectivity index (χ3v) is 3.55. The van der Waals surface area contributed by atoms with Gasteiger partial charge in [-0.2, -0.15) is 0 Å². The Hall–Kier alpha value is -1.84. The maximum atomic E-state index is 12.3. The maximum Gasteiger partial charge on any atom is 0.417 e. The Labute approximate surface area is 126 Å². The normalized spacial score (nSPS) is 18.9. The van der Waals surface area contributed by atoms with Gasteiger partial charge in [-0.05, 0) is 45.6 Å². The van der Waals surface area contributed by atoms with Gasteiger partial charge < -0.3 is 4.74 Å². The van der Waals surface area contributed by atoms with Crippen LogP contribution in [0.3, 0.4) is 0 Å². The predicted molar refractivity (Wildman–Crippen MR) is 80.8 cm³/mol. The van der Waals surface area contributed by atoms with Crippen molar-refractivity contribution in [2.24, 2.45) is 5.92 Å². The first kappa shape index (κ1) is 15.5. The van der Waals surface area contributed by atoms with Crippen molar-refractivity contribution in [1.29, 1.82) is 0 Å². The Balaban J connectivity index is 1.88. The molecule has 1 fully saturated rings. The highest BCUT2D eigenvalue weighted by Gasteiger charge is 2.37. The van der Waals surface area contributed by atoms with E-state index < -0.39 is 11.7 Å². The van der Waals surface area contributed by atoms with Crippen molar-refractivity contribution in [3.8, 4) is 0 Å². The lowest BCUT2D eigenvalue weighted by atomic mass is 9.98. The Morgan fingerprint density at radius 1 is 1.29 bits per heavy atom. The van der Waals surface area contributed by atoms with Gasteiger partial charge in [0.05, 0.1) is 0 Å². The first-order valence-corrected chi connectivity index (χ1v) is 7.45. The molecule has 1 saturated heterocycles. The first-order chi connectivity index (χ1) is 9.87. The molecule has 1 atom stereocenters. The Kier molecular flexibility index (Phi) is 4.66. The molecule has 21 heavy (non-hydrogen) atoms. The van der Waals surface area contributed by atoms with Crippen LogP contribution in [0.15, 0.2) is 30.3 Å². The van der Waals surface area contributed by atoms with Gasteiger partial charge in [0.2, 0.25) is 5.91 Å². The molecule has 114 valence electrons. The van der Waals surface area contributed by atoms with E-state index in [1.54, 1.807) is 20.8 Å². The Morgan fingerprint density at radius 3 is 2.57 bits per heavy atom. The molecule has 2 rings (SSSR count). The molecule has 0 N–H and O–H groups in total. The highest BCUT2D eigenvalue weighted by Crippen LogP contribution is 2.24. The van der Waals surface area contributed by atoms with Crippen LogP contribution in [0.25, 0.3) is 0 Å². The number of nitrogens with zero attached hydrogens (tertiary/aromatic N) is 1. The van der Waals surface area contributed by atoms with E-state index >= 15 is 0 Å². The minimum Gasteiger partial charge on any atom is -0.443 e. The van der Waals surface area contributed by atoms with Crippen molar-refractivity contribution in [3.63, 3.8) is 0 Å². The highest BCUT2D eigenvalue weighted by molar-refractivity contribution is 5.95. The van der Waals surface area contributed by atoms with Crippen LogP contribution in [0.5, 0.6) is 0 Å². The number of amides is 2. The molecule has 1 aliphatic heterocycles. The monoisotopic (exact) mass is 289 g/mol. The summed E-state index contributed by atoms with van der Waals surface area (Å²) < 4.78 is 5.27. The van der Waals surface area contributed by atoms with Crippen LogP contribution in [0.1, 0.15) is 39.2 Å². The molecule has 1 aliphatic rings. The van der Waals surface area contributed by atoms with Crippen LogP contribution < -0.4 is 0 Å². The van der Waals surface area contributed by atoms with Gasteiger partial charge in [-0.3, -0.25) is 4.79 Å². The molecule has 0 bridgehead atoms. The van der Waals surface area contributed by atoms with E-state index in [1.165, 1.54) is 10.5 Å². The lowest BCUT2D eigenvalue weighted by Gasteiger charge is -2.23. The maximum absolute atomic E-state index is 12.3. The van der Waals surface area contributed by atoms with Crippen LogP contribution >= 0.6 is 0 Å². The van der Waals surface area contributed by atoms with E-state index in [9.17, 15) is 9.59 Å². The predicted octanol–water partition coefficient (Wildman–Crippen LogP) is 3.40. The number of carbonyl (C=O) groups is 2. The molecule has 0 unspecified atom stereocenters. The lowest BCUT2D eigenvalue weighted by molar-refractivity contribution is -0.130. The number of likely N-dealkylation sites (tertiary alicyclic amines) is 1. The molecular weight excluding hydrogens is 266 g/mol. The summed E-state index contributed by atoms with van der Waals surface area (Å²) in [5, 5.41) is 0. The number of rotatable bonds is 3. The van der Waals surface area contributed by atoms with E-state index in [0.29, 0.717) is 6.54 Å². The zero-order valence-corrected chi connectivity index (χ0v) is 13.0. The van der Waals surface area contributed by atoms with Crippen LogP contribution in [0.4, 0.5) is 4.79 Å². The van der Waals surface area contributed by atoms with Crippen molar-refractivity contribution in [2.75, 3.05) is 6.54 Å². The van der Waals surface area contributed by atoms with E-state index in [0.717, 1.165) is 19.3 Å². The second kappa shape index (κ2) is 6.29. The number of benzene rings is 1. The molecule has 4 heteroatoms. The summed E-state index contributed by atoms with van der Waals surface area (Å²) in [6.45, 7) is 5.88. The number of imide groups is 1. The fraction of sp³-hybridized carbons (Fsp3) is 0.529. The summed E-state index contributed by atoms with van der Waals surface area (Å²) in [4.78, 5) is 25.5. The highest BCUT2D eigenvalue weighted by atomic mass is 16.6. The average Bonchev–Trinajstić information content (AvgIpc) is 2.77. The molecule has 2 amide bonds. The molecule has 0 radical (unpaired) electrons. The van der Waals surface area contributed by atoms with Gasteiger partial charge in [-0.25, -0.2) is 9.69 Å². The fourth-order valence-electron chi connectivity index (χ4n) is 2.49. The number of hydrogen-bond donors (Lipinski definition) is 0. The minimum atomic E-state index is -0.570. The topological polar surface area (TPSA) is 46.6 Å². The molecule has 0 aliphatic carbocycles. The van der Waals surface area contributed by atoms with Crippen LogP contribution in [0.2, 0.25) is 0 Å². The van der Waals surface area contributed by atoms with E-state index in [4.69, 9.17) is 4.74 Å². The molecule has 0 spiro atoms. The Morgan fingerprint density at radius 2 is 1.95 bits per heavy atom. The Bertz CT molecular complexity index is 505. The number of ether oxygens (including phenoxy) is 1. The lowest BCUT2D eigenvalue weighted by Crippen LogP contribution is -2.38. The third kappa shape index (κ3) is 4.31. The molecule has 4 nitrogen and oxygen atoms in total. The molecule has 1 aromatic rings. The van der Waals surface area contributed by atoms with Crippen molar-refractivity contribution in [1.82, 2.24) is 4.90 Å². The zero-order valence-electron chi connectivity index (χ0n) is 13.0. The van der Waals surface area contributed by atoms with Crippen LogP contribution in [-0.2, 0) is 16.0 Å². The van der Waals surface area contributed by atoms with Gasteiger partial charge in [0.25, 0.3) is 0 Å². The number of hydrogen-bond acceptors (Lipinski definition) is 3. The molecule has 0 saturated carbocycles.